The van der Waals surface area contributed by atoms with Crippen molar-refractivity contribution in [3.63, 3.8) is 0 Å². The molecule has 0 fully saturated rings. The van der Waals surface area contributed by atoms with Crippen molar-refractivity contribution >= 4 is 18.5 Å². The Morgan fingerprint density at radius 3 is 2.47 bits per heavy atom. The minimum Gasteiger partial charge on any atom is -0.396 e. The van der Waals surface area contributed by atoms with Crippen molar-refractivity contribution in [1.82, 2.24) is 4.90 Å². The first-order chi connectivity index (χ1) is 9.06. The predicted molar refractivity (Wildman–Crippen MR) is 81.5 cm³/mol. The summed E-state index contributed by atoms with van der Waals surface area (Å²) in [6.45, 7) is 4.65. The highest BCUT2D eigenvalue weighted by molar-refractivity contribution is 7.81. The van der Waals surface area contributed by atoms with Crippen LogP contribution in [-0.2, 0) is 11.2 Å². The highest BCUT2D eigenvalue weighted by Gasteiger charge is 2.23. The van der Waals surface area contributed by atoms with Crippen molar-refractivity contribution in [2.45, 2.75) is 38.0 Å². The Morgan fingerprint density at radius 1 is 1.32 bits per heavy atom. The summed E-state index contributed by atoms with van der Waals surface area (Å²) in [6.07, 6.45) is 1.24. The summed E-state index contributed by atoms with van der Waals surface area (Å²) < 4.78 is 0. The molecule has 19 heavy (non-hydrogen) atoms. The molecule has 1 N–H and O–H groups in total. The number of rotatable bonds is 7. The van der Waals surface area contributed by atoms with Gasteiger partial charge in [-0.15, -0.1) is 0 Å². The molecule has 1 atom stereocenters. The second-order valence-electron chi connectivity index (χ2n) is 4.91. The van der Waals surface area contributed by atoms with Gasteiger partial charge in [0.25, 0.3) is 0 Å². The summed E-state index contributed by atoms with van der Waals surface area (Å²) in [5.74, 6) is 0.0376. The molecule has 0 radical (unpaired) electrons. The molecule has 0 saturated carbocycles. The quantitative estimate of drug-likeness (QED) is 0.752. The van der Waals surface area contributed by atoms with E-state index in [1.165, 1.54) is 0 Å². The molecule has 106 valence electrons. The Morgan fingerprint density at radius 2 is 1.95 bits per heavy atom. The highest BCUT2D eigenvalue weighted by Crippen LogP contribution is 2.13. The maximum atomic E-state index is 12.4. The van der Waals surface area contributed by atoms with Crippen LogP contribution in [0.25, 0.3) is 0 Å². The number of hydrogen-bond donors (Lipinski definition) is 2. The number of thiol groups is 1. The Bertz CT molecular complexity index is 381. The molecule has 0 aliphatic rings. The second-order valence-corrected chi connectivity index (χ2v) is 5.53. The number of carbonyl (C=O) groups excluding carboxylic acids is 1. The van der Waals surface area contributed by atoms with E-state index in [4.69, 9.17) is 5.11 Å². The van der Waals surface area contributed by atoms with E-state index < -0.39 is 0 Å². The van der Waals surface area contributed by atoms with Gasteiger partial charge in [0.2, 0.25) is 5.91 Å². The lowest BCUT2D eigenvalue weighted by Crippen LogP contribution is -2.43. The maximum Gasteiger partial charge on any atom is 0.235 e. The van der Waals surface area contributed by atoms with Gasteiger partial charge in [-0.05, 0) is 32.3 Å². The van der Waals surface area contributed by atoms with Crippen molar-refractivity contribution < 1.29 is 9.90 Å². The summed E-state index contributed by atoms with van der Waals surface area (Å²) in [7, 11) is 0. The molecule has 1 aromatic rings. The lowest BCUT2D eigenvalue weighted by Gasteiger charge is -2.29. The van der Waals surface area contributed by atoms with Crippen LogP contribution in [0.5, 0.6) is 0 Å². The molecular formula is C15H23NO2S. The Labute approximate surface area is 121 Å². The van der Waals surface area contributed by atoms with Gasteiger partial charge in [-0.25, -0.2) is 0 Å². The third-order valence-corrected chi connectivity index (χ3v) is 3.42. The van der Waals surface area contributed by atoms with Crippen LogP contribution in [0.4, 0.5) is 0 Å². The molecule has 3 nitrogen and oxygen atoms in total. The molecule has 1 aromatic carbocycles. The van der Waals surface area contributed by atoms with Crippen LogP contribution in [0.3, 0.4) is 0 Å². The third kappa shape index (κ3) is 5.25. The van der Waals surface area contributed by atoms with Crippen molar-refractivity contribution in [1.29, 1.82) is 0 Å². The molecule has 1 amide bonds. The largest absolute Gasteiger partial charge is 0.396 e. The lowest BCUT2D eigenvalue weighted by molar-refractivity contribution is -0.132. The second kappa shape index (κ2) is 8.23. The number of benzene rings is 1. The van der Waals surface area contributed by atoms with Crippen LogP contribution in [0.15, 0.2) is 30.3 Å². The van der Waals surface area contributed by atoms with E-state index in [2.05, 4.69) is 12.6 Å². The average molecular weight is 281 g/mol. The van der Waals surface area contributed by atoms with Crippen molar-refractivity contribution in [3.8, 4) is 0 Å². The molecule has 0 spiro atoms. The first kappa shape index (κ1) is 16.1. The van der Waals surface area contributed by atoms with E-state index in [0.29, 0.717) is 19.4 Å². The van der Waals surface area contributed by atoms with Gasteiger partial charge in [0.15, 0.2) is 0 Å². The molecule has 0 aliphatic carbocycles. The maximum absolute atomic E-state index is 12.4. The average Bonchev–Trinajstić information content (AvgIpc) is 2.39. The molecule has 0 aromatic heterocycles. The SMILES string of the molecule is CC(C)N(CCCO)C(=O)C(S)Cc1ccccc1. The molecule has 1 rings (SSSR count). The van der Waals surface area contributed by atoms with Gasteiger partial charge in [-0.2, -0.15) is 12.6 Å². The topological polar surface area (TPSA) is 40.5 Å². The summed E-state index contributed by atoms with van der Waals surface area (Å²) in [6, 6.07) is 10.0. The van der Waals surface area contributed by atoms with Gasteiger partial charge >= 0.3 is 0 Å². The van der Waals surface area contributed by atoms with Gasteiger partial charge in [0.1, 0.15) is 0 Å². The van der Waals surface area contributed by atoms with Crippen molar-refractivity contribution in [2.24, 2.45) is 0 Å². The molecular weight excluding hydrogens is 258 g/mol. The summed E-state index contributed by atoms with van der Waals surface area (Å²) in [5, 5.41) is 8.57. The van der Waals surface area contributed by atoms with Gasteiger partial charge < -0.3 is 10.0 Å². The minimum atomic E-state index is -0.330. The van der Waals surface area contributed by atoms with Crippen molar-refractivity contribution in [3.05, 3.63) is 35.9 Å². The van der Waals surface area contributed by atoms with Crippen LogP contribution >= 0.6 is 12.6 Å². The van der Waals surface area contributed by atoms with E-state index in [-0.39, 0.29) is 23.8 Å². The first-order valence-electron chi connectivity index (χ1n) is 6.69. The number of carbonyl (C=O) groups is 1. The Balaban J connectivity index is 2.63. The predicted octanol–water partition coefficient (Wildman–Crippen LogP) is 2.15. The Hall–Kier alpha value is -1.00. The summed E-state index contributed by atoms with van der Waals surface area (Å²) >= 11 is 4.44. The van der Waals surface area contributed by atoms with E-state index in [0.717, 1.165) is 5.56 Å². The summed E-state index contributed by atoms with van der Waals surface area (Å²) in [5.41, 5.74) is 1.11. The highest BCUT2D eigenvalue weighted by atomic mass is 32.1. The van der Waals surface area contributed by atoms with Crippen molar-refractivity contribution in [2.75, 3.05) is 13.2 Å². The molecule has 4 heteroatoms. The zero-order chi connectivity index (χ0) is 14.3. The smallest absolute Gasteiger partial charge is 0.235 e. The van der Waals surface area contributed by atoms with Gasteiger partial charge in [0, 0.05) is 19.2 Å². The van der Waals surface area contributed by atoms with Crippen LogP contribution < -0.4 is 0 Å². The van der Waals surface area contributed by atoms with Crippen LogP contribution in [0.1, 0.15) is 25.8 Å². The normalized spacial score (nSPS) is 12.5. The number of aliphatic hydroxyl groups is 1. The van der Waals surface area contributed by atoms with Gasteiger partial charge in [0.05, 0.1) is 5.25 Å². The van der Waals surface area contributed by atoms with E-state index >= 15 is 0 Å². The van der Waals surface area contributed by atoms with E-state index in [1.54, 1.807) is 4.90 Å². The number of amides is 1. The molecule has 0 aliphatic heterocycles. The fraction of sp³-hybridized carbons (Fsp3) is 0.533. The monoisotopic (exact) mass is 281 g/mol. The summed E-state index contributed by atoms with van der Waals surface area (Å²) in [4.78, 5) is 14.2. The molecule has 0 saturated heterocycles. The van der Waals surface area contributed by atoms with Gasteiger partial charge in [-0.3, -0.25) is 4.79 Å². The lowest BCUT2D eigenvalue weighted by atomic mass is 10.1. The minimum absolute atomic E-state index is 0.0376. The van der Waals surface area contributed by atoms with Crippen LogP contribution in [0, 0.1) is 0 Å². The Kier molecular flexibility index (Phi) is 6.95. The van der Waals surface area contributed by atoms with Gasteiger partial charge in [-0.1, -0.05) is 30.3 Å². The fourth-order valence-electron chi connectivity index (χ4n) is 1.98. The number of aliphatic hydroxyl groups excluding tert-OH is 1. The standard InChI is InChI=1S/C15H23NO2S/c1-12(2)16(9-6-10-17)15(18)14(19)11-13-7-4-3-5-8-13/h3-5,7-8,12,14,17,19H,6,9-11H2,1-2H3. The zero-order valence-electron chi connectivity index (χ0n) is 11.6. The number of nitrogens with zero attached hydrogens (tertiary/aromatic N) is 1. The molecule has 1 unspecified atom stereocenters. The zero-order valence-corrected chi connectivity index (χ0v) is 12.5. The molecule has 0 bridgehead atoms. The number of hydrogen-bond acceptors (Lipinski definition) is 3. The van der Waals surface area contributed by atoms with Crippen LogP contribution in [-0.4, -0.2) is 40.4 Å². The van der Waals surface area contributed by atoms with E-state index in [1.807, 2.05) is 44.2 Å². The fourth-order valence-corrected chi connectivity index (χ4v) is 2.34. The third-order valence-electron chi connectivity index (χ3n) is 3.02. The first-order valence-corrected chi connectivity index (χ1v) is 7.21. The van der Waals surface area contributed by atoms with Crippen LogP contribution in [0.2, 0.25) is 0 Å². The van der Waals surface area contributed by atoms with E-state index in [9.17, 15) is 4.79 Å². The molecule has 0 heterocycles.